The maximum Gasteiger partial charge on any atom is 0.241 e. The summed E-state index contributed by atoms with van der Waals surface area (Å²) in [6.07, 6.45) is 2.19. The molecule has 1 rings (SSSR count). The van der Waals surface area contributed by atoms with E-state index >= 15 is 0 Å². The van der Waals surface area contributed by atoms with E-state index in [1.807, 2.05) is 4.90 Å². The van der Waals surface area contributed by atoms with Crippen LogP contribution in [-0.4, -0.2) is 54.1 Å². The van der Waals surface area contributed by atoms with Gasteiger partial charge in [0.2, 0.25) is 5.91 Å². The van der Waals surface area contributed by atoms with Gasteiger partial charge in [0.05, 0.1) is 12.2 Å². The van der Waals surface area contributed by atoms with Crippen molar-refractivity contribution in [1.82, 2.24) is 15.1 Å². The van der Waals surface area contributed by atoms with Crippen LogP contribution in [0.2, 0.25) is 0 Å². The fraction of sp³-hybridized carbons (Fsp3) is 0.923. The molecule has 0 radical (unpaired) electrons. The largest absolute Gasteiger partial charge is 0.325 e. The average molecular weight is 241 g/mol. The third-order valence-corrected chi connectivity index (χ3v) is 3.62. The zero-order chi connectivity index (χ0) is 12.8. The van der Waals surface area contributed by atoms with Gasteiger partial charge in [0.1, 0.15) is 0 Å². The minimum atomic E-state index is 0.0479. The van der Waals surface area contributed by atoms with Gasteiger partial charge in [0.25, 0.3) is 0 Å². The summed E-state index contributed by atoms with van der Waals surface area (Å²) < 4.78 is 0. The highest BCUT2D eigenvalue weighted by Gasteiger charge is 2.35. The summed E-state index contributed by atoms with van der Waals surface area (Å²) in [5.41, 5.74) is 0. The molecule has 0 spiro atoms. The smallest absolute Gasteiger partial charge is 0.241 e. The summed E-state index contributed by atoms with van der Waals surface area (Å²) in [5.74, 6) is 0.284. The van der Waals surface area contributed by atoms with Crippen molar-refractivity contribution < 1.29 is 4.79 Å². The second-order valence-electron chi connectivity index (χ2n) is 4.74. The maximum atomic E-state index is 12.1. The molecular weight excluding hydrogens is 214 g/mol. The van der Waals surface area contributed by atoms with E-state index in [2.05, 4.69) is 37.9 Å². The van der Waals surface area contributed by atoms with Crippen LogP contribution >= 0.6 is 0 Å². The Kier molecular flexibility index (Phi) is 5.92. The molecule has 2 unspecified atom stereocenters. The van der Waals surface area contributed by atoms with Gasteiger partial charge < -0.3 is 9.80 Å². The molecular formula is C13H27N3O. The van der Waals surface area contributed by atoms with E-state index in [1.54, 1.807) is 0 Å². The normalized spacial score (nSPS) is 25.0. The van der Waals surface area contributed by atoms with E-state index < -0.39 is 0 Å². The second-order valence-corrected chi connectivity index (χ2v) is 4.74. The molecule has 1 fully saturated rings. The van der Waals surface area contributed by atoms with Crippen molar-refractivity contribution in [2.45, 2.75) is 52.7 Å². The predicted molar refractivity (Wildman–Crippen MR) is 70.8 cm³/mol. The van der Waals surface area contributed by atoms with Crippen LogP contribution in [0.5, 0.6) is 0 Å². The molecule has 2 atom stereocenters. The molecule has 0 aromatic carbocycles. The molecule has 0 aromatic heterocycles. The van der Waals surface area contributed by atoms with Crippen LogP contribution < -0.4 is 5.32 Å². The van der Waals surface area contributed by atoms with Gasteiger partial charge in [0, 0.05) is 13.1 Å². The van der Waals surface area contributed by atoms with Crippen molar-refractivity contribution in [3.63, 3.8) is 0 Å². The highest BCUT2D eigenvalue weighted by atomic mass is 16.2. The molecule has 0 aromatic rings. The third kappa shape index (κ3) is 3.68. The number of carbonyl (C=O) groups excluding carboxylic acids is 1. The monoisotopic (exact) mass is 241 g/mol. The summed E-state index contributed by atoms with van der Waals surface area (Å²) in [7, 11) is 0. The van der Waals surface area contributed by atoms with Crippen LogP contribution in [0.3, 0.4) is 0 Å². The Morgan fingerprint density at radius 3 is 2.47 bits per heavy atom. The van der Waals surface area contributed by atoms with Crippen molar-refractivity contribution in [2.75, 3.05) is 26.2 Å². The average Bonchev–Trinajstić information content (AvgIpc) is 2.58. The molecule has 1 heterocycles. The first-order valence-corrected chi connectivity index (χ1v) is 6.92. The Labute approximate surface area is 105 Å². The van der Waals surface area contributed by atoms with Gasteiger partial charge in [-0.05, 0) is 26.4 Å². The van der Waals surface area contributed by atoms with E-state index in [4.69, 9.17) is 0 Å². The van der Waals surface area contributed by atoms with Crippen molar-refractivity contribution >= 4 is 5.91 Å². The molecule has 1 saturated heterocycles. The lowest BCUT2D eigenvalue weighted by Gasteiger charge is -2.25. The summed E-state index contributed by atoms with van der Waals surface area (Å²) in [4.78, 5) is 16.5. The highest BCUT2D eigenvalue weighted by Crippen LogP contribution is 2.14. The maximum absolute atomic E-state index is 12.1. The van der Waals surface area contributed by atoms with Crippen LogP contribution in [0, 0.1) is 0 Å². The zero-order valence-electron chi connectivity index (χ0n) is 11.7. The lowest BCUT2D eigenvalue weighted by atomic mass is 10.2. The van der Waals surface area contributed by atoms with Gasteiger partial charge >= 0.3 is 0 Å². The third-order valence-electron chi connectivity index (χ3n) is 3.62. The molecule has 0 aliphatic carbocycles. The lowest BCUT2D eigenvalue weighted by Crippen LogP contribution is -2.40. The number of amides is 1. The Hall–Kier alpha value is -0.610. The number of nitrogens with zero attached hydrogens (tertiary/aromatic N) is 2. The van der Waals surface area contributed by atoms with E-state index in [9.17, 15) is 4.79 Å². The number of carbonyl (C=O) groups is 1. The standard InChI is InChI=1S/C13H27N3O/c1-5-8-12-13(17)16(11(4)14-12)10-9-15(6-2)7-3/h11-12,14H,5-10H2,1-4H3. The minimum absolute atomic E-state index is 0.0479. The van der Waals surface area contributed by atoms with Gasteiger partial charge in [-0.2, -0.15) is 0 Å². The van der Waals surface area contributed by atoms with Crippen LogP contribution in [0.1, 0.15) is 40.5 Å². The molecule has 1 amide bonds. The molecule has 100 valence electrons. The van der Waals surface area contributed by atoms with Gasteiger partial charge in [-0.25, -0.2) is 0 Å². The van der Waals surface area contributed by atoms with E-state index in [1.165, 1.54) is 0 Å². The van der Waals surface area contributed by atoms with E-state index in [0.717, 1.165) is 39.0 Å². The number of likely N-dealkylation sites (N-methyl/N-ethyl adjacent to an activating group) is 1. The number of nitrogens with one attached hydrogen (secondary N) is 1. The molecule has 4 nitrogen and oxygen atoms in total. The molecule has 4 heteroatoms. The Morgan fingerprint density at radius 2 is 1.94 bits per heavy atom. The molecule has 17 heavy (non-hydrogen) atoms. The van der Waals surface area contributed by atoms with E-state index in [0.29, 0.717) is 0 Å². The quantitative estimate of drug-likeness (QED) is 0.729. The fourth-order valence-electron chi connectivity index (χ4n) is 2.43. The first-order chi connectivity index (χ1) is 8.13. The Balaban J connectivity index is 2.45. The lowest BCUT2D eigenvalue weighted by molar-refractivity contribution is -0.130. The van der Waals surface area contributed by atoms with Crippen LogP contribution in [0.15, 0.2) is 0 Å². The highest BCUT2D eigenvalue weighted by molar-refractivity contribution is 5.84. The summed E-state index contributed by atoms with van der Waals surface area (Å²) in [6, 6.07) is 0.0479. The van der Waals surface area contributed by atoms with Crippen molar-refractivity contribution in [3.8, 4) is 0 Å². The summed E-state index contributed by atoms with van der Waals surface area (Å²) >= 11 is 0. The molecule has 1 aliphatic rings. The second kappa shape index (κ2) is 6.97. The first-order valence-electron chi connectivity index (χ1n) is 6.92. The minimum Gasteiger partial charge on any atom is -0.325 e. The number of hydrogen-bond acceptors (Lipinski definition) is 3. The predicted octanol–water partition coefficient (Wildman–Crippen LogP) is 1.27. The number of rotatable bonds is 7. The van der Waals surface area contributed by atoms with Crippen molar-refractivity contribution in [1.29, 1.82) is 0 Å². The van der Waals surface area contributed by atoms with Crippen LogP contribution in [-0.2, 0) is 4.79 Å². The Bertz CT molecular complexity index is 241. The van der Waals surface area contributed by atoms with Crippen LogP contribution in [0.25, 0.3) is 0 Å². The van der Waals surface area contributed by atoms with Gasteiger partial charge in [-0.15, -0.1) is 0 Å². The molecule has 0 bridgehead atoms. The van der Waals surface area contributed by atoms with Crippen molar-refractivity contribution in [2.24, 2.45) is 0 Å². The Morgan fingerprint density at radius 1 is 1.29 bits per heavy atom. The molecule has 0 saturated carbocycles. The SMILES string of the molecule is CCCC1NC(C)N(CCN(CC)CC)C1=O. The van der Waals surface area contributed by atoms with Gasteiger partial charge in [-0.1, -0.05) is 27.2 Å². The topological polar surface area (TPSA) is 35.6 Å². The number of hydrogen-bond donors (Lipinski definition) is 1. The van der Waals surface area contributed by atoms with Crippen LogP contribution in [0.4, 0.5) is 0 Å². The summed E-state index contributed by atoms with van der Waals surface area (Å²) in [5, 5.41) is 3.37. The van der Waals surface area contributed by atoms with Gasteiger partial charge in [-0.3, -0.25) is 10.1 Å². The molecule has 1 aliphatic heterocycles. The fourth-order valence-corrected chi connectivity index (χ4v) is 2.43. The van der Waals surface area contributed by atoms with Gasteiger partial charge in [0.15, 0.2) is 0 Å². The first kappa shape index (κ1) is 14.5. The zero-order valence-corrected chi connectivity index (χ0v) is 11.7. The van der Waals surface area contributed by atoms with E-state index in [-0.39, 0.29) is 18.1 Å². The molecule has 1 N–H and O–H groups in total. The van der Waals surface area contributed by atoms with Crippen molar-refractivity contribution in [3.05, 3.63) is 0 Å². The summed E-state index contributed by atoms with van der Waals surface area (Å²) in [6.45, 7) is 12.5.